The summed E-state index contributed by atoms with van der Waals surface area (Å²) in [6.07, 6.45) is 2.58. The Morgan fingerprint density at radius 1 is 1.35 bits per heavy atom. The van der Waals surface area contributed by atoms with Crippen molar-refractivity contribution in [2.75, 3.05) is 13.7 Å². The van der Waals surface area contributed by atoms with E-state index in [1.54, 1.807) is 0 Å². The molecule has 4 nitrogen and oxygen atoms in total. The fourth-order valence-corrected chi connectivity index (χ4v) is 2.32. The minimum atomic E-state index is -0.473. The SMILES string of the molecule is COC(=O)C(C)(C)CNC1C[C@@H](C)O[C@H](C)C1. The molecule has 0 bridgehead atoms. The summed E-state index contributed by atoms with van der Waals surface area (Å²) in [6, 6.07) is 0.428. The van der Waals surface area contributed by atoms with Gasteiger partial charge in [0.05, 0.1) is 24.7 Å². The molecule has 2 atom stereocenters. The van der Waals surface area contributed by atoms with Crippen molar-refractivity contribution < 1.29 is 14.3 Å². The number of hydrogen-bond donors (Lipinski definition) is 1. The smallest absolute Gasteiger partial charge is 0.312 e. The summed E-state index contributed by atoms with van der Waals surface area (Å²) >= 11 is 0. The molecule has 1 N–H and O–H groups in total. The summed E-state index contributed by atoms with van der Waals surface area (Å²) in [7, 11) is 1.43. The van der Waals surface area contributed by atoms with Gasteiger partial charge in [-0.2, -0.15) is 0 Å². The number of nitrogens with one attached hydrogen (secondary N) is 1. The molecule has 0 amide bonds. The Morgan fingerprint density at radius 2 is 1.88 bits per heavy atom. The van der Waals surface area contributed by atoms with Gasteiger partial charge >= 0.3 is 5.97 Å². The summed E-state index contributed by atoms with van der Waals surface area (Å²) in [6.45, 7) is 8.63. The van der Waals surface area contributed by atoms with Crippen LogP contribution in [0, 0.1) is 5.41 Å². The fourth-order valence-electron chi connectivity index (χ4n) is 2.32. The van der Waals surface area contributed by atoms with Crippen molar-refractivity contribution >= 4 is 5.97 Å². The molecule has 0 aliphatic carbocycles. The quantitative estimate of drug-likeness (QED) is 0.764. The fraction of sp³-hybridized carbons (Fsp3) is 0.923. The third-order valence-corrected chi connectivity index (χ3v) is 3.27. The molecule has 0 unspecified atom stereocenters. The number of methoxy groups -OCH3 is 1. The lowest BCUT2D eigenvalue weighted by atomic mass is 9.92. The molecule has 17 heavy (non-hydrogen) atoms. The van der Waals surface area contributed by atoms with Crippen LogP contribution in [0.15, 0.2) is 0 Å². The van der Waals surface area contributed by atoms with E-state index < -0.39 is 5.41 Å². The van der Waals surface area contributed by atoms with E-state index in [1.165, 1.54) is 7.11 Å². The second kappa shape index (κ2) is 5.83. The van der Waals surface area contributed by atoms with Crippen LogP contribution in [0.1, 0.15) is 40.5 Å². The molecule has 1 rings (SSSR count). The molecular weight excluding hydrogens is 218 g/mol. The van der Waals surface area contributed by atoms with Gasteiger partial charge in [-0.3, -0.25) is 4.79 Å². The monoisotopic (exact) mass is 243 g/mol. The first kappa shape index (κ1) is 14.5. The van der Waals surface area contributed by atoms with Crippen molar-refractivity contribution in [1.29, 1.82) is 0 Å². The number of ether oxygens (including phenoxy) is 2. The summed E-state index contributed by atoms with van der Waals surface area (Å²) in [4.78, 5) is 11.5. The molecule has 4 heteroatoms. The van der Waals surface area contributed by atoms with Crippen LogP contribution in [-0.4, -0.2) is 37.9 Å². The molecule has 1 heterocycles. The van der Waals surface area contributed by atoms with Gasteiger partial charge in [0.1, 0.15) is 0 Å². The minimum absolute atomic E-state index is 0.168. The van der Waals surface area contributed by atoms with Crippen LogP contribution in [0.3, 0.4) is 0 Å². The van der Waals surface area contributed by atoms with Crippen LogP contribution in [0.25, 0.3) is 0 Å². The molecule has 100 valence electrons. The van der Waals surface area contributed by atoms with Crippen LogP contribution in [0.5, 0.6) is 0 Å². The van der Waals surface area contributed by atoms with E-state index in [1.807, 2.05) is 13.8 Å². The average Bonchev–Trinajstić information content (AvgIpc) is 2.24. The van der Waals surface area contributed by atoms with Crippen molar-refractivity contribution in [2.24, 2.45) is 5.41 Å². The van der Waals surface area contributed by atoms with E-state index >= 15 is 0 Å². The Labute approximate surface area is 104 Å². The predicted molar refractivity (Wildman–Crippen MR) is 66.8 cm³/mol. The van der Waals surface area contributed by atoms with Gasteiger partial charge in [0, 0.05) is 12.6 Å². The van der Waals surface area contributed by atoms with Crippen LogP contribution < -0.4 is 5.32 Å². The summed E-state index contributed by atoms with van der Waals surface area (Å²) in [5.41, 5.74) is -0.473. The number of hydrogen-bond acceptors (Lipinski definition) is 4. The summed E-state index contributed by atoms with van der Waals surface area (Å²) in [5.74, 6) is -0.168. The first-order valence-electron chi connectivity index (χ1n) is 6.32. The van der Waals surface area contributed by atoms with Crippen molar-refractivity contribution in [1.82, 2.24) is 5.32 Å². The number of carbonyl (C=O) groups is 1. The first-order chi connectivity index (χ1) is 7.85. The lowest BCUT2D eigenvalue weighted by Gasteiger charge is -2.34. The highest BCUT2D eigenvalue weighted by Crippen LogP contribution is 2.21. The topological polar surface area (TPSA) is 47.6 Å². The largest absolute Gasteiger partial charge is 0.469 e. The summed E-state index contributed by atoms with van der Waals surface area (Å²) < 4.78 is 10.5. The number of rotatable bonds is 4. The maximum atomic E-state index is 11.5. The van der Waals surface area contributed by atoms with E-state index in [0.717, 1.165) is 12.8 Å². The van der Waals surface area contributed by atoms with Crippen molar-refractivity contribution in [3.8, 4) is 0 Å². The minimum Gasteiger partial charge on any atom is -0.469 e. The maximum absolute atomic E-state index is 11.5. The predicted octanol–water partition coefficient (Wildman–Crippen LogP) is 1.73. The molecule has 0 radical (unpaired) electrons. The lowest BCUT2D eigenvalue weighted by Crippen LogP contribution is -2.46. The molecule has 1 saturated heterocycles. The highest BCUT2D eigenvalue weighted by atomic mass is 16.5. The van der Waals surface area contributed by atoms with Gasteiger partial charge < -0.3 is 14.8 Å². The standard InChI is InChI=1S/C13H25NO3/c1-9-6-11(7-10(2)17-9)14-8-13(3,4)12(15)16-5/h9-11,14H,6-8H2,1-5H3/t9-,10-/m1/s1. The van der Waals surface area contributed by atoms with Crippen LogP contribution in [0.4, 0.5) is 0 Å². The molecule has 0 aromatic heterocycles. The van der Waals surface area contributed by atoms with E-state index in [0.29, 0.717) is 12.6 Å². The van der Waals surface area contributed by atoms with Gasteiger partial charge in [-0.1, -0.05) is 0 Å². The molecule has 1 aliphatic heterocycles. The Bertz CT molecular complexity index is 255. The molecule has 1 aliphatic rings. The van der Waals surface area contributed by atoms with Gasteiger partial charge in [0.15, 0.2) is 0 Å². The summed E-state index contributed by atoms with van der Waals surface area (Å²) in [5, 5.41) is 3.46. The van der Waals surface area contributed by atoms with Crippen LogP contribution >= 0.6 is 0 Å². The Balaban J connectivity index is 2.42. The van der Waals surface area contributed by atoms with Gasteiger partial charge in [-0.25, -0.2) is 0 Å². The van der Waals surface area contributed by atoms with Crippen molar-refractivity contribution in [3.05, 3.63) is 0 Å². The van der Waals surface area contributed by atoms with Gasteiger partial charge in [0.2, 0.25) is 0 Å². The Hall–Kier alpha value is -0.610. The van der Waals surface area contributed by atoms with Gasteiger partial charge in [-0.15, -0.1) is 0 Å². The lowest BCUT2D eigenvalue weighted by molar-refractivity contribution is -0.150. The average molecular weight is 243 g/mol. The molecule has 0 aromatic rings. The van der Waals surface area contributed by atoms with E-state index in [-0.39, 0.29) is 18.2 Å². The third kappa shape index (κ3) is 4.28. The van der Waals surface area contributed by atoms with Crippen molar-refractivity contribution in [2.45, 2.75) is 58.8 Å². The number of esters is 1. The highest BCUT2D eigenvalue weighted by molar-refractivity contribution is 5.76. The molecule has 0 saturated carbocycles. The normalized spacial score (nSPS) is 30.1. The first-order valence-corrected chi connectivity index (χ1v) is 6.32. The van der Waals surface area contributed by atoms with E-state index in [9.17, 15) is 4.79 Å². The molecule has 0 aromatic carbocycles. The van der Waals surface area contributed by atoms with Crippen LogP contribution in [-0.2, 0) is 14.3 Å². The second-order valence-electron chi connectivity index (χ2n) is 5.68. The maximum Gasteiger partial charge on any atom is 0.312 e. The molecule has 1 fully saturated rings. The van der Waals surface area contributed by atoms with Crippen molar-refractivity contribution in [3.63, 3.8) is 0 Å². The molecular formula is C13H25NO3. The second-order valence-corrected chi connectivity index (χ2v) is 5.68. The molecule has 0 spiro atoms. The number of carbonyl (C=O) groups excluding carboxylic acids is 1. The van der Waals surface area contributed by atoms with Gasteiger partial charge in [-0.05, 0) is 40.5 Å². The van der Waals surface area contributed by atoms with Gasteiger partial charge in [0.25, 0.3) is 0 Å². The van der Waals surface area contributed by atoms with Crippen LogP contribution in [0.2, 0.25) is 0 Å². The highest BCUT2D eigenvalue weighted by Gasteiger charge is 2.31. The zero-order valence-corrected chi connectivity index (χ0v) is 11.6. The Kier molecular flexibility index (Phi) is 4.95. The zero-order chi connectivity index (χ0) is 13.1. The Morgan fingerprint density at radius 3 is 2.35 bits per heavy atom. The zero-order valence-electron chi connectivity index (χ0n) is 11.6. The van der Waals surface area contributed by atoms with E-state index in [2.05, 4.69) is 19.2 Å². The van der Waals surface area contributed by atoms with E-state index in [4.69, 9.17) is 9.47 Å². The third-order valence-electron chi connectivity index (χ3n) is 3.27.